The van der Waals surface area contributed by atoms with Crippen LogP contribution in [0.2, 0.25) is 0 Å². The summed E-state index contributed by atoms with van der Waals surface area (Å²) in [5, 5.41) is 5.88. The number of fused-ring (bicyclic) bond motifs is 1. The van der Waals surface area contributed by atoms with Gasteiger partial charge in [-0.05, 0) is 13.8 Å². The zero-order chi connectivity index (χ0) is 11.9. The van der Waals surface area contributed by atoms with Gasteiger partial charge in [0.15, 0.2) is 5.69 Å². The molecule has 0 fully saturated rings. The summed E-state index contributed by atoms with van der Waals surface area (Å²) in [5.74, 6) is 0. The maximum atomic E-state index is 12.6. The molecule has 0 aliphatic carbocycles. The zero-order valence-corrected chi connectivity index (χ0v) is 9.23. The van der Waals surface area contributed by atoms with Crippen LogP contribution in [0.15, 0.2) is 0 Å². The van der Waals surface area contributed by atoms with E-state index < -0.39 is 11.9 Å². The first-order chi connectivity index (χ1) is 7.39. The molecule has 0 amide bonds. The highest BCUT2D eigenvalue weighted by molar-refractivity contribution is 5.29. The van der Waals surface area contributed by atoms with Gasteiger partial charge in [-0.2, -0.15) is 18.3 Å². The molecule has 1 aromatic rings. The van der Waals surface area contributed by atoms with Crippen molar-refractivity contribution >= 4 is 0 Å². The minimum Gasteiger partial charge on any atom is -0.296 e. The number of nitrogens with one attached hydrogen (secondary N) is 1. The summed E-state index contributed by atoms with van der Waals surface area (Å²) in [7, 11) is 0. The van der Waals surface area contributed by atoms with Gasteiger partial charge in [-0.25, -0.2) is 0 Å². The fourth-order valence-electron chi connectivity index (χ4n) is 1.99. The van der Waals surface area contributed by atoms with Crippen LogP contribution in [-0.4, -0.2) is 27.7 Å². The quantitative estimate of drug-likeness (QED) is 0.806. The topological polar surface area (TPSA) is 31.9 Å². The second-order valence-electron chi connectivity index (χ2n) is 4.34. The van der Waals surface area contributed by atoms with Gasteiger partial charge < -0.3 is 0 Å². The Hall–Kier alpha value is -1.04. The zero-order valence-electron chi connectivity index (χ0n) is 9.23. The van der Waals surface area contributed by atoms with Gasteiger partial charge in [-0.1, -0.05) is 0 Å². The molecule has 1 aromatic heterocycles. The fourth-order valence-corrected chi connectivity index (χ4v) is 1.99. The minimum absolute atomic E-state index is 0.254. The predicted octanol–water partition coefficient (Wildman–Crippen LogP) is 2.20. The molecule has 0 bridgehead atoms. The Bertz CT molecular complexity index is 381. The van der Waals surface area contributed by atoms with Crippen LogP contribution in [0.3, 0.4) is 0 Å². The van der Waals surface area contributed by atoms with Crippen molar-refractivity contribution in [2.75, 3.05) is 6.54 Å². The number of aromatic amines is 1. The molecule has 0 spiro atoms. The fraction of sp³-hybridized carbons (Fsp3) is 0.700. The highest BCUT2D eigenvalue weighted by Crippen LogP contribution is 2.34. The van der Waals surface area contributed by atoms with E-state index in [9.17, 15) is 13.2 Å². The van der Waals surface area contributed by atoms with Crippen LogP contribution >= 0.6 is 0 Å². The monoisotopic (exact) mass is 233 g/mol. The van der Waals surface area contributed by atoms with Gasteiger partial charge in [-0.3, -0.25) is 10.00 Å². The molecule has 90 valence electrons. The number of aromatic nitrogens is 2. The van der Waals surface area contributed by atoms with Gasteiger partial charge in [0.1, 0.15) is 0 Å². The second kappa shape index (κ2) is 3.76. The molecule has 0 radical (unpaired) electrons. The average molecular weight is 233 g/mol. The van der Waals surface area contributed by atoms with Crippen LogP contribution in [-0.2, 0) is 19.1 Å². The van der Waals surface area contributed by atoms with E-state index in [1.54, 1.807) is 0 Å². The standard InChI is InChI=1S/C10H14F3N3/c1-6(2)16-4-3-8-7(5-16)9(15-14-8)10(11,12)13/h6H,3-5H2,1-2H3,(H,14,15). The lowest BCUT2D eigenvalue weighted by Crippen LogP contribution is -2.36. The van der Waals surface area contributed by atoms with Crippen LogP contribution in [0, 0.1) is 0 Å². The van der Waals surface area contributed by atoms with E-state index in [0.29, 0.717) is 24.2 Å². The summed E-state index contributed by atoms with van der Waals surface area (Å²) < 4.78 is 37.9. The minimum atomic E-state index is -4.36. The third-order valence-corrected chi connectivity index (χ3v) is 2.96. The molecular formula is C10H14F3N3. The molecule has 3 nitrogen and oxygen atoms in total. The summed E-state index contributed by atoms with van der Waals surface area (Å²) in [6, 6.07) is 0.254. The van der Waals surface area contributed by atoms with Crippen molar-refractivity contribution in [2.24, 2.45) is 0 Å². The molecule has 2 heterocycles. The maximum absolute atomic E-state index is 12.6. The van der Waals surface area contributed by atoms with E-state index in [0.717, 1.165) is 6.54 Å². The normalized spacial score (nSPS) is 17.9. The number of hydrogen-bond acceptors (Lipinski definition) is 2. The lowest BCUT2D eigenvalue weighted by Gasteiger charge is -2.30. The van der Waals surface area contributed by atoms with Crippen molar-refractivity contribution in [3.63, 3.8) is 0 Å². The summed E-state index contributed by atoms with van der Waals surface area (Å²) >= 11 is 0. The van der Waals surface area contributed by atoms with Crippen molar-refractivity contribution in [1.82, 2.24) is 15.1 Å². The number of rotatable bonds is 1. The van der Waals surface area contributed by atoms with Crippen molar-refractivity contribution in [3.8, 4) is 0 Å². The second-order valence-corrected chi connectivity index (χ2v) is 4.34. The molecule has 0 saturated heterocycles. The van der Waals surface area contributed by atoms with Crippen molar-refractivity contribution in [2.45, 2.75) is 39.0 Å². The first-order valence-electron chi connectivity index (χ1n) is 5.27. The molecule has 0 unspecified atom stereocenters. The Labute approximate surface area is 91.6 Å². The highest BCUT2D eigenvalue weighted by atomic mass is 19.4. The van der Waals surface area contributed by atoms with E-state index in [-0.39, 0.29) is 6.04 Å². The number of halogens is 3. The van der Waals surface area contributed by atoms with Crippen molar-refractivity contribution in [3.05, 3.63) is 17.0 Å². The largest absolute Gasteiger partial charge is 0.435 e. The first kappa shape index (κ1) is 11.4. The number of H-pyrrole nitrogens is 1. The van der Waals surface area contributed by atoms with Gasteiger partial charge in [0, 0.05) is 36.8 Å². The van der Waals surface area contributed by atoms with E-state index in [2.05, 4.69) is 10.2 Å². The lowest BCUT2D eigenvalue weighted by atomic mass is 10.0. The Morgan fingerprint density at radius 3 is 2.62 bits per heavy atom. The van der Waals surface area contributed by atoms with E-state index in [1.165, 1.54) is 0 Å². The van der Waals surface area contributed by atoms with Gasteiger partial charge in [0.05, 0.1) is 0 Å². The molecule has 1 N–H and O–H groups in total. The molecule has 1 aliphatic heterocycles. The molecule has 0 saturated carbocycles. The van der Waals surface area contributed by atoms with Crippen LogP contribution in [0.25, 0.3) is 0 Å². The van der Waals surface area contributed by atoms with Gasteiger partial charge in [0.2, 0.25) is 0 Å². The Balaban J connectivity index is 2.32. The SMILES string of the molecule is CC(C)N1CCc2[nH]nc(C(F)(F)F)c2C1. The summed E-state index contributed by atoms with van der Waals surface area (Å²) in [6.07, 6.45) is -3.75. The third kappa shape index (κ3) is 1.93. The van der Waals surface area contributed by atoms with E-state index in [4.69, 9.17) is 0 Å². The molecule has 0 atom stereocenters. The van der Waals surface area contributed by atoms with Gasteiger partial charge >= 0.3 is 6.18 Å². The average Bonchev–Trinajstić information content (AvgIpc) is 2.58. The summed E-state index contributed by atoms with van der Waals surface area (Å²) in [5.41, 5.74) is 0.185. The number of alkyl halides is 3. The summed E-state index contributed by atoms with van der Waals surface area (Å²) in [4.78, 5) is 2.02. The highest BCUT2D eigenvalue weighted by Gasteiger charge is 2.39. The summed E-state index contributed by atoms with van der Waals surface area (Å²) in [6.45, 7) is 5.08. The Morgan fingerprint density at radius 1 is 1.38 bits per heavy atom. The molecule has 6 heteroatoms. The molecular weight excluding hydrogens is 219 g/mol. The van der Waals surface area contributed by atoms with Crippen LogP contribution < -0.4 is 0 Å². The number of nitrogens with zero attached hydrogens (tertiary/aromatic N) is 2. The van der Waals surface area contributed by atoms with E-state index >= 15 is 0 Å². The van der Waals surface area contributed by atoms with Crippen LogP contribution in [0.5, 0.6) is 0 Å². The van der Waals surface area contributed by atoms with Crippen molar-refractivity contribution < 1.29 is 13.2 Å². The third-order valence-electron chi connectivity index (χ3n) is 2.96. The van der Waals surface area contributed by atoms with Gasteiger partial charge in [-0.15, -0.1) is 0 Å². The Morgan fingerprint density at radius 2 is 2.06 bits per heavy atom. The number of hydrogen-bond donors (Lipinski definition) is 1. The van der Waals surface area contributed by atoms with E-state index in [1.807, 2.05) is 18.7 Å². The lowest BCUT2D eigenvalue weighted by molar-refractivity contribution is -0.142. The van der Waals surface area contributed by atoms with Crippen LogP contribution in [0.1, 0.15) is 30.8 Å². The van der Waals surface area contributed by atoms with Crippen molar-refractivity contribution in [1.29, 1.82) is 0 Å². The molecule has 0 aromatic carbocycles. The maximum Gasteiger partial charge on any atom is 0.435 e. The molecule has 16 heavy (non-hydrogen) atoms. The molecule has 2 rings (SSSR count). The Kier molecular flexibility index (Phi) is 2.69. The van der Waals surface area contributed by atoms with Gasteiger partial charge in [0.25, 0.3) is 0 Å². The molecule has 1 aliphatic rings. The smallest absolute Gasteiger partial charge is 0.296 e. The predicted molar refractivity (Wildman–Crippen MR) is 52.8 cm³/mol. The first-order valence-corrected chi connectivity index (χ1v) is 5.27. The van der Waals surface area contributed by atoms with Crippen LogP contribution in [0.4, 0.5) is 13.2 Å².